The van der Waals surface area contributed by atoms with Crippen molar-refractivity contribution in [2.75, 3.05) is 11.4 Å². The summed E-state index contributed by atoms with van der Waals surface area (Å²) >= 11 is 1.39. The Bertz CT molecular complexity index is 924. The van der Waals surface area contributed by atoms with E-state index in [4.69, 9.17) is 0 Å². The molecular formula is C17H17N5O2S. The van der Waals surface area contributed by atoms with E-state index in [2.05, 4.69) is 26.2 Å². The Kier molecular flexibility index (Phi) is 4.04. The summed E-state index contributed by atoms with van der Waals surface area (Å²) in [5, 5.41) is 10.8. The van der Waals surface area contributed by atoms with Crippen LogP contribution in [0.2, 0.25) is 0 Å². The van der Waals surface area contributed by atoms with Gasteiger partial charge in [0, 0.05) is 30.3 Å². The highest BCUT2D eigenvalue weighted by atomic mass is 32.1. The molecule has 3 aromatic rings. The summed E-state index contributed by atoms with van der Waals surface area (Å²) in [7, 11) is 0. The summed E-state index contributed by atoms with van der Waals surface area (Å²) < 4.78 is 5.54. The lowest BCUT2D eigenvalue weighted by molar-refractivity contribution is -0.384. The van der Waals surface area contributed by atoms with Crippen molar-refractivity contribution in [2.24, 2.45) is 0 Å². The normalized spacial score (nSPS) is 17.8. The topological polar surface area (TPSA) is 85.0 Å². The number of hydrogen-bond donors (Lipinski definition) is 0. The molecule has 0 amide bonds. The SMILES string of the molecule is CC1CCCCN1c1ncnc2c(-c3ccc([N+](=O)[O-])cc3)nsc12. The molecular weight excluding hydrogens is 338 g/mol. The highest BCUT2D eigenvalue weighted by molar-refractivity contribution is 7.14. The van der Waals surface area contributed by atoms with E-state index in [-0.39, 0.29) is 5.69 Å². The molecule has 128 valence electrons. The minimum atomic E-state index is -0.402. The van der Waals surface area contributed by atoms with Gasteiger partial charge in [-0.2, -0.15) is 4.37 Å². The molecule has 1 fully saturated rings. The minimum absolute atomic E-state index is 0.0701. The molecule has 0 N–H and O–H groups in total. The largest absolute Gasteiger partial charge is 0.353 e. The molecule has 1 aliphatic heterocycles. The molecule has 1 saturated heterocycles. The zero-order valence-electron chi connectivity index (χ0n) is 13.8. The van der Waals surface area contributed by atoms with E-state index < -0.39 is 4.92 Å². The quantitative estimate of drug-likeness (QED) is 0.521. The minimum Gasteiger partial charge on any atom is -0.353 e. The van der Waals surface area contributed by atoms with Crippen LogP contribution in [0.5, 0.6) is 0 Å². The maximum absolute atomic E-state index is 10.8. The number of fused-ring (bicyclic) bond motifs is 1. The maximum atomic E-state index is 10.8. The summed E-state index contributed by atoms with van der Waals surface area (Å²) in [4.78, 5) is 21.7. The van der Waals surface area contributed by atoms with Crippen molar-refractivity contribution >= 4 is 33.3 Å². The van der Waals surface area contributed by atoms with Gasteiger partial charge >= 0.3 is 0 Å². The van der Waals surface area contributed by atoms with Gasteiger partial charge in [-0.25, -0.2) is 9.97 Å². The third kappa shape index (κ3) is 2.82. The summed E-state index contributed by atoms with van der Waals surface area (Å²) in [6.45, 7) is 3.23. The van der Waals surface area contributed by atoms with Crippen LogP contribution >= 0.6 is 11.5 Å². The number of benzene rings is 1. The first-order valence-corrected chi connectivity index (χ1v) is 9.04. The third-order valence-electron chi connectivity index (χ3n) is 4.66. The van der Waals surface area contributed by atoms with Gasteiger partial charge in [-0.05, 0) is 49.9 Å². The van der Waals surface area contributed by atoms with E-state index in [1.807, 2.05) is 0 Å². The van der Waals surface area contributed by atoms with E-state index in [9.17, 15) is 10.1 Å². The molecule has 1 aliphatic rings. The predicted octanol–water partition coefficient (Wildman–Crippen LogP) is 4.04. The fraction of sp³-hybridized carbons (Fsp3) is 0.353. The number of hydrogen-bond acceptors (Lipinski definition) is 7. The van der Waals surface area contributed by atoms with Gasteiger partial charge < -0.3 is 4.90 Å². The third-order valence-corrected chi connectivity index (χ3v) is 5.50. The van der Waals surface area contributed by atoms with E-state index >= 15 is 0 Å². The number of aromatic nitrogens is 3. The van der Waals surface area contributed by atoms with E-state index in [0.717, 1.165) is 33.8 Å². The first-order valence-electron chi connectivity index (χ1n) is 8.27. The number of nitrogens with zero attached hydrogens (tertiary/aromatic N) is 5. The Morgan fingerprint density at radius 2 is 2.04 bits per heavy atom. The predicted molar refractivity (Wildman–Crippen MR) is 98.0 cm³/mol. The van der Waals surface area contributed by atoms with Crippen LogP contribution in [-0.4, -0.2) is 31.9 Å². The molecule has 1 unspecified atom stereocenters. The second-order valence-electron chi connectivity index (χ2n) is 6.25. The van der Waals surface area contributed by atoms with Crippen LogP contribution < -0.4 is 4.90 Å². The van der Waals surface area contributed by atoms with Crippen molar-refractivity contribution in [1.82, 2.24) is 14.3 Å². The number of rotatable bonds is 3. The summed E-state index contributed by atoms with van der Waals surface area (Å²) in [5.41, 5.74) is 2.46. The Labute approximate surface area is 148 Å². The number of nitro groups is 1. The molecule has 0 radical (unpaired) electrons. The Morgan fingerprint density at radius 1 is 1.24 bits per heavy atom. The molecule has 2 aromatic heterocycles. The lowest BCUT2D eigenvalue weighted by Gasteiger charge is -2.34. The first kappa shape index (κ1) is 15.9. The van der Waals surface area contributed by atoms with Crippen LogP contribution in [0.15, 0.2) is 30.6 Å². The van der Waals surface area contributed by atoms with Crippen LogP contribution in [-0.2, 0) is 0 Å². The fourth-order valence-corrected chi connectivity index (χ4v) is 4.16. The molecule has 25 heavy (non-hydrogen) atoms. The summed E-state index contributed by atoms with van der Waals surface area (Å²) in [5.74, 6) is 0.947. The average molecular weight is 355 g/mol. The molecule has 4 rings (SSSR count). The lowest BCUT2D eigenvalue weighted by atomic mass is 10.0. The summed E-state index contributed by atoms with van der Waals surface area (Å²) in [6, 6.07) is 6.89. The van der Waals surface area contributed by atoms with Gasteiger partial charge in [-0.1, -0.05) is 0 Å². The standard InChI is InChI=1S/C17H17N5O2S/c1-11-4-2-3-9-21(11)17-16-15(18-10-19-17)14(20-25-16)12-5-7-13(8-6-12)22(23)24/h5-8,10-11H,2-4,9H2,1H3. The smallest absolute Gasteiger partial charge is 0.269 e. The van der Waals surface area contributed by atoms with E-state index in [1.54, 1.807) is 18.5 Å². The molecule has 3 heterocycles. The fourth-order valence-electron chi connectivity index (χ4n) is 3.30. The average Bonchev–Trinajstić information content (AvgIpc) is 3.06. The maximum Gasteiger partial charge on any atom is 0.269 e. The molecule has 0 spiro atoms. The summed E-state index contributed by atoms with van der Waals surface area (Å²) in [6.07, 6.45) is 5.17. The molecule has 0 bridgehead atoms. The van der Waals surface area contributed by atoms with Crippen LogP contribution in [0.25, 0.3) is 21.5 Å². The van der Waals surface area contributed by atoms with Crippen molar-refractivity contribution in [2.45, 2.75) is 32.2 Å². The monoisotopic (exact) mass is 355 g/mol. The van der Waals surface area contributed by atoms with Crippen molar-refractivity contribution < 1.29 is 4.92 Å². The molecule has 0 aliphatic carbocycles. The van der Waals surface area contributed by atoms with Gasteiger partial charge in [0.15, 0.2) is 5.82 Å². The highest BCUT2D eigenvalue weighted by Gasteiger charge is 2.24. The van der Waals surface area contributed by atoms with Gasteiger partial charge in [-0.15, -0.1) is 0 Å². The van der Waals surface area contributed by atoms with Crippen LogP contribution in [0.4, 0.5) is 11.5 Å². The van der Waals surface area contributed by atoms with Crippen LogP contribution in [0.1, 0.15) is 26.2 Å². The second kappa shape index (κ2) is 6.36. The van der Waals surface area contributed by atoms with Gasteiger partial charge in [0.2, 0.25) is 0 Å². The number of non-ortho nitro benzene ring substituents is 1. The van der Waals surface area contributed by atoms with Gasteiger partial charge in [0.1, 0.15) is 22.2 Å². The zero-order valence-corrected chi connectivity index (χ0v) is 14.6. The van der Waals surface area contributed by atoms with E-state index in [1.165, 1.54) is 42.9 Å². The van der Waals surface area contributed by atoms with Crippen LogP contribution in [0, 0.1) is 10.1 Å². The number of nitro benzene ring substituents is 1. The molecule has 0 saturated carbocycles. The van der Waals surface area contributed by atoms with Crippen molar-refractivity contribution in [3.05, 3.63) is 40.7 Å². The Balaban J connectivity index is 1.77. The number of anilines is 1. The molecule has 7 nitrogen and oxygen atoms in total. The highest BCUT2D eigenvalue weighted by Crippen LogP contribution is 2.36. The first-order chi connectivity index (χ1) is 12.1. The molecule has 1 atom stereocenters. The second-order valence-corrected chi connectivity index (χ2v) is 7.02. The van der Waals surface area contributed by atoms with E-state index in [0.29, 0.717) is 6.04 Å². The lowest BCUT2D eigenvalue weighted by Crippen LogP contribution is -2.38. The molecule has 8 heteroatoms. The van der Waals surface area contributed by atoms with Gasteiger partial charge in [0.25, 0.3) is 5.69 Å². The van der Waals surface area contributed by atoms with Crippen molar-refractivity contribution in [3.63, 3.8) is 0 Å². The Hall–Kier alpha value is -2.61. The molecule has 1 aromatic carbocycles. The van der Waals surface area contributed by atoms with Gasteiger partial charge in [-0.3, -0.25) is 10.1 Å². The van der Waals surface area contributed by atoms with Crippen molar-refractivity contribution in [3.8, 4) is 11.3 Å². The zero-order chi connectivity index (χ0) is 17.4. The van der Waals surface area contributed by atoms with Crippen LogP contribution in [0.3, 0.4) is 0 Å². The van der Waals surface area contributed by atoms with Crippen molar-refractivity contribution in [1.29, 1.82) is 0 Å². The van der Waals surface area contributed by atoms with Gasteiger partial charge in [0.05, 0.1) is 4.92 Å². The Morgan fingerprint density at radius 3 is 2.76 bits per heavy atom. The number of piperidine rings is 1.